The first-order valence-corrected chi connectivity index (χ1v) is 16.9. The molecule has 1 saturated heterocycles. The number of amides is 2. The molecule has 1 fully saturated rings. The van der Waals surface area contributed by atoms with Crippen molar-refractivity contribution in [1.82, 2.24) is 19.8 Å². The summed E-state index contributed by atoms with van der Waals surface area (Å²) in [6.07, 6.45) is 4.42. The third-order valence-electron chi connectivity index (χ3n) is 8.87. The highest BCUT2D eigenvalue weighted by Gasteiger charge is 2.30. The summed E-state index contributed by atoms with van der Waals surface area (Å²) >= 11 is 0. The maximum atomic E-state index is 13.7. The maximum Gasteiger partial charge on any atom is 0.322 e. The van der Waals surface area contributed by atoms with Gasteiger partial charge in [-0.05, 0) is 78.9 Å². The number of likely N-dealkylation sites (tertiary alicyclic amines) is 1. The Balaban J connectivity index is 1.31. The molecular weight excluding hydrogens is 604 g/mol. The van der Waals surface area contributed by atoms with Crippen molar-refractivity contribution in [3.8, 4) is 17.5 Å². The van der Waals surface area contributed by atoms with Crippen LogP contribution in [0.4, 0.5) is 16.3 Å². The van der Waals surface area contributed by atoms with Crippen molar-refractivity contribution in [3.63, 3.8) is 0 Å². The molecule has 6 rings (SSSR count). The molecule has 10 heteroatoms. The molecule has 2 aliphatic heterocycles. The van der Waals surface area contributed by atoms with Gasteiger partial charge in [-0.15, -0.1) is 0 Å². The van der Waals surface area contributed by atoms with Gasteiger partial charge in [0.05, 0.1) is 33.1 Å². The van der Waals surface area contributed by atoms with E-state index in [0.29, 0.717) is 50.3 Å². The number of ether oxygens (including phenoxy) is 3. The fourth-order valence-electron chi connectivity index (χ4n) is 6.24. The maximum absolute atomic E-state index is 13.7. The van der Waals surface area contributed by atoms with Crippen molar-refractivity contribution in [3.05, 3.63) is 101 Å². The molecule has 2 aliphatic rings. The van der Waals surface area contributed by atoms with Crippen molar-refractivity contribution in [2.75, 3.05) is 44.1 Å². The van der Waals surface area contributed by atoms with E-state index in [1.54, 1.807) is 19.1 Å². The minimum Gasteiger partial charge on any atom is -0.497 e. The van der Waals surface area contributed by atoms with Crippen LogP contribution < -0.4 is 24.4 Å². The molecule has 252 valence electrons. The highest BCUT2D eigenvalue weighted by molar-refractivity contribution is 5.95. The summed E-state index contributed by atoms with van der Waals surface area (Å²) in [4.78, 5) is 30.0. The standard InChI is InChI=1S/C38H46N6O4/c1-4-5-21-48-37-39-34-27-44(26-31-10-8-9-30(22-31)23-42-19-6-7-20-42)38(45)40-35(34)36(41-37)43(24-28-11-15-32(46-2)16-12-28)25-29-13-17-33(47-3)18-14-29/h8-18,22H,4-7,19-21,23-27H2,1-3H3,(H,40,45). The van der Waals surface area contributed by atoms with E-state index >= 15 is 0 Å². The number of nitrogens with one attached hydrogen (secondary N) is 1. The summed E-state index contributed by atoms with van der Waals surface area (Å²) in [7, 11) is 3.32. The normalized spacial score (nSPS) is 14.4. The first kappa shape index (κ1) is 33.1. The third-order valence-corrected chi connectivity index (χ3v) is 8.87. The second-order valence-electron chi connectivity index (χ2n) is 12.5. The summed E-state index contributed by atoms with van der Waals surface area (Å²) in [5, 5.41) is 3.17. The summed E-state index contributed by atoms with van der Waals surface area (Å²) < 4.78 is 16.9. The lowest BCUT2D eigenvalue weighted by atomic mass is 10.1. The predicted molar refractivity (Wildman–Crippen MR) is 188 cm³/mol. The number of hydrogen-bond donors (Lipinski definition) is 1. The number of fused-ring (bicyclic) bond motifs is 1. The Labute approximate surface area is 283 Å². The molecule has 0 aliphatic carbocycles. The molecule has 0 radical (unpaired) electrons. The van der Waals surface area contributed by atoms with Gasteiger partial charge in [0.15, 0.2) is 5.82 Å². The zero-order valence-corrected chi connectivity index (χ0v) is 28.3. The van der Waals surface area contributed by atoms with Crippen LogP contribution in [-0.4, -0.2) is 59.7 Å². The number of aromatic nitrogens is 2. The number of nitrogens with zero attached hydrogens (tertiary/aromatic N) is 5. The summed E-state index contributed by atoms with van der Waals surface area (Å²) in [6, 6.07) is 24.7. The minimum atomic E-state index is -0.175. The number of anilines is 2. The van der Waals surface area contributed by atoms with E-state index in [9.17, 15) is 4.79 Å². The summed E-state index contributed by atoms with van der Waals surface area (Å²) in [5.74, 6) is 2.21. The molecule has 48 heavy (non-hydrogen) atoms. The Hall–Kier alpha value is -4.83. The van der Waals surface area contributed by atoms with Gasteiger partial charge in [-0.2, -0.15) is 9.97 Å². The molecular formula is C38H46N6O4. The molecule has 1 N–H and O–H groups in total. The number of benzene rings is 3. The van der Waals surface area contributed by atoms with Crippen molar-refractivity contribution in [1.29, 1.82) is 0 Å². The second-order valence-corrected chi connectivity index (χ2v) is 12.5. The molecule has 0 saturated carbocycles. The molecule has 3 aromatic carbocycles. The van der Waals surface area contributed by atoms with Crippen LogP contribution in [0.1, 0.15) is 60.6 Å². The van der Waals surface area contributed by atoms with Gasteiger partial charge in [0, 0.05) is 26.2 Å². The number of urea groups is 1. The molecule has 0 atom stereocenters. The van der Waals surface area contributed by atoms with Crippen molar-refractivity contribution < 1.29 is 19.0 Å². The fourth-order valence-corrected chi connectivity index (χ4v) is 6.24. The van der Waals surface area contributed by atoms with Crippen LogP contribution in [0.25, 0.3) is 0 Å². The Morgan fingerprint density at radius 3 is 2.04 bits per heavy atom. The van der Waals surface area contributed by atoms with Crippen LogP contribution in [0.3, 0.4) is 0 Å². The van der Waals surface area contributed by atoms with Gasteiger partial charge in [0.25, 0.3) is 0 Å². The molecule has 10 nitrogen and oxygen atoms in total. The van der Waals surface area contributed by atoms with E-state index in [1.807, 2.05) is 48.5 Å². The molecule has 2 amide bonds. The summed E-state index contributed by atoms with van der Waals surface area (Å²) in [5.41, 5.74) is 5.86. The zero-order chi connectivity index (χ0) is 33.3. The van der Waals surface area contributed by atoms with Gasteiger partial charge in [-0.25, -0.2) is 4.79 Å². The summed E-state index contributed by atoms with van der Waals surface area (Å²) in [6.45, 7) is 7.78. The van der Waals surface area contributed by atoms with Crippen molar-refractivity contribution in [2.45, 2.75) is 65.3 Å². The molecule has 4 aromatic rings. The lowest BCUT2D eigenvalue weighted by molar-refractivity contribution is 0.202. The van der Waals surface area contributed by atoms with Gasteiger partial charge < -0.3 is 29.3 Å². The quantitative estimate of drug-likeness (QED) is 0.137. The monoisotopic (exact) mass is 650 g/mol. The Bertz CT molecular complexity index is 1610. The largest absolute Gasteiger partial charge is 0.497 e. The first-order chi connectivity index (χ1) is 23.5. The lowest BCUT2D eigenvalue weighted by Crippen LogP contribution is -2.40. The Morgan fingerprint density at radius 1 is 0.812 bits per heavy atom. The van der Waals surface area contributed by atoms with E-state index in [4.69, 9.17) is 24.2 Å². The van der Waals surface area contributed by atoms with Gasteiger partial charge in [-0.1, -0.05) is 61.9 Å². The van der Waals surface area contributed by atoms with Gasteiger partial charge in [0.2, 0.25) is 0 Å². The number of carbonyl (C=O) groups excluding carboxylic acids is 1. The predicted octanol–water partition coefficient (Wildman–Crippen LogP) is 7.02. The van der Waals surface area contributed by atoms with E-state index in [2.05, 4.69) is 46.3 Å². The number of hydrogen-bond acceptors (Lipinski definition) is 8. The van der Waals surface area contributed by atoms with Crippen LogP contribution in [0.2, 0.25) is 0 Å². The number of methoxy groups -OCH3 is 2. The first-order valence-electron chi connectivity index (χ1n) is 16.9. The average molecular weight is 651 g/mol. The molecule has 0 spiro atoms. The van der Waals surface area contributed by atoms with E-state index in [0.717, 1.165) is 66.4 Å². The van der Waals surface area contributed by atoms with Crippen molar-refractivity contribution >= 4 is 17.5 Å². The molecule has 0 bridgehead atoms. The molecule has 3 heterocycles. The minimum absolute atomic E-state index is 0.175. The average Bonchev–Trinajstić information content (AvgIpc) is 3.62. The van der Waals surface area contributed by atoms with Gasteiger partial charge >= 0.3 is 12.0 Å². The van der Waals surface area contributed by atoms with Crippen LogP contribution >= 0.6 is 0 Å². The fraction of sp³-hybridized carbons (Fsp3) is 0.395. The van der Waals surface area contributed by atoms with Gasteiger partial charge in [0.1, 0.15) is 17.2 Å². The smallest absolute Gasteiger partial charge is 0.322 e. The second kappa shape index (κ2) is 15.8. The lowest BCUT2D eigenvalue weighted by Gasteiger charge is -2.33. The van der Waals surface area contributed by atoms with Gasteiger partial charge in [-0.3, -0.25) is 4.90 Å². The third kappa shape index (κ3) is 8.36. The number of carbonyl (C=O) groups is 1. The van der Waals surface area contributed by atoms with Crippen molar-refractivity contribution in [2.24, 2.45) is 0 Å². The van der Waals surface area contributed by atoms with Crippen LogP contribution in [-0.2, 0) is 32.7 Å². The molecule has 0 unspecified atom stereocenters. The number of rotatable bonds is 15. The number of unbranched alkanes of at least 4 members (excludes halogenated alkanes) is 1. The van der Waals surface area contributed by atoms with Crippen LogP contribution in [0.5, 0.6) is 17.5 Å². The van der Waals surface area contributed by atoms with E-state index in [1.165, 1.54) is 18.4 Å². The zero-order valence-electron chi connectivity index (χ0n) is 28.3. The van der Waals surface area contributed by atoms with Crippen LogP contribution in [0.15, 0.2) is 72.8 Å². The highest BCUT2D eigenvalue weighted by Crippen LogP contribution is 2.35. The molecule has 1 aromatic heterocycles. The topological polar surface area (TPSA) is 92.3 Å². The SMILES string of the molecule is CCCCOc1nc2c(c(N(Cc3ccc(OC)cc3)Cc3ccc(OC)cc3)n1)NC(=O)N(Cc1cccc(CN3CCCC3)c1)C2. The Morgan fingerprint density at radius 2 is 1.44 bits per heavy atom. The van der Waals surface area contributed by atoms with E-state index in [-0.39, 0.29) is 6.03 Å². The van der Waals surface area contributed by atoms with E-state index < -0.39 is 0 Å². The highest BCUT2D eigenvalue weighted by atomic mass is 16.5. The Kier molecular flexibility index (Phi) is 10.9. The van der Waals surface area contributed by atoms with Crippen LogP contribution in [0, 0.1) is 0 Å².